The third kappa shape index (κ3) is 2.25. The molecule has 15 heavy (non-hydrogen) atoms. The van der Waals surface area contributed by atoms with Gasteiger partial charge < -0.3 is 9.30 Å². The van der Waals surface area contributed by atoms with Crippen LogP contribution in [0, 0.1) is 26.7 Å². The molecule has 2 heteroatoms. The zero-order valence-corrected chi connectivity index (χ0v) is 10.0. The van der Waals surface area contributed by atoms with Crippen LogP contribution in [0.15, 0.2) is 6.20 Å². The Morgan fingerprint density at radius 2 is 1.93 bits per heavy atom. The second-order valence-corrected chi connectivity index (χ2v) is 4.73. The molecule has 1 fully saturated rings. The summed E-state index contributed by atoms with van der Waals surface area (Å²) in [5.41, 5.74) is 4.29. The zero-order valence-electron chi connectivity index (χ0n) is 10.0. The second-order valence-electron chi connectivity index (χ2n) is 4.73. The van der Waals surface area contributed by atoms with E-state index in [0.717, 1.165) is 19.1 Å². The summed E-state index contributed by atoms with van der Waals surface area (Å²) in [6, 6.07) is 0. The molecule has 0 atom stereocenters. The highest BCUT2D eigenvalue weighted by atomic mass is 16.5. The van der Waals surface area contributed by atoms with Gasteiger partial charge in [0, 0.05) is 31.6 Å². The van der Waals surface area contributed by atoms with E-state index < -0.39 is 0 Å². The van der Waals surface area contributed by atoms with Crippen molar-refractivity contribution >= 4 is 0 Å². The number of hydrogen-bond donors (Lipinski definition) is 0. The molecule has 2 nitrogen and oxygen atoms in total. The maximum Gasteiger partial charge on any atom is 0.0469 e. The summed E-state index contributed by atoms with van der Waals surface area (Å²) in [5, 5.41) is 0. The molecule has 0 amide bonds. The van der Waals surface area contributed by atoms with Crippen LogP contribution in [0.25, 0.3) is 0 Å². The quantitative estimate of drug-likeness (QED) is 0.727. The molecule has 84 valence electrons. The Morgan fingerprint density at radius 3 is 2.47 bits per heavy atom. The van der Waals surface area contributed by atoms with Gasteiger partial charge in [-0.15, -0.1) is 0 Å². The molecular formula is C13H21NO. The van der Waals surface area contributed by atoms with E-state index in [-0.39, 0.29) is 0 Å². The van der Waals surface area contributed by atoms with Crippen LogP contribution in [0.3, 0.4) is 0 Å². The first-order valence-electron chi connectivity index (χ1n) is 5.89. The summed E-state index contributed by atoms with van der Waals surface area (Å²) < 4.78 is 7.80. The average molecular weight is 207 g/mol. The van der Waals surface area contributed by atoms with Crippen LogP contribution >= 0.6 is 0 Å². The molecule has 1 aromatic heterocycles. The summed E-state index contributed by atoms with van der Waals surface area (Å²) >= 11 is 0. The fraction of sp³-hybridized carbons (Fsp3) is 0.692. The molecule has 0 saturated carbocycles. The Labute approximate surface area is 92.2 Å². The molecule has 0 bridgehead atoms. The highest BCUT2D eigenvalue weighted by molar-refractivity contribution is 5.28. The van der Waals surface area contributed by atoms with Crippen molar-refractivity contribution in [3.8, 4) is 0 Å². The monoisotopic (exact) mass is 207 g/mol. The molecule has 0 aliphatic carbocycles. The van der Waals surface area contributed by atoms with Crippen molar-refractivity contribution in [2.75, 3.05) is 13.2 Å². The van der Waals surface area contributed by atoms with Gasteiger partial charge in [-0.3, -0.25) is 0 Å². The standard InChI is InChI=1S/C13H21NO/c1-10-8-14(12(3)11(10)2)9-13-4-6-15-7-5-13/h8,13H,4-7,9H2,1-3H3. The maximum absolute atomic E-state index is 5.39. The Kier molecular flexibility index (Phi) is 3.15. The molecule has 0 radical (unpaired) electrons. The first kappa shape index (κ1) is 10.7. The first-order valence-corrected chi connectivity index (χ1v) is 5.89. The molecule has 1 aromatic rings. The summed E-state index contributed by atoms with van der Waals surface area (Å²) in [6.07, 6.45) is 4.73. The van der Waals surface area contributed by atoms with Gasteiger partial charge in [0.15, 0.2) is 0 Å². The fourth-order valence-corrected chi connectivity index (χ4v) is 2.32. The minimum absolute atomic E-state index is 0.809. The third-order valence-corrected chi connectivity index (χ3v) is 3.71. The van der Waals surface area contributed by atoms with Crippen LogP contribution in [0.2, 0.25) is 0 Å². The fourth-order valence-electron chi connectivity index (χ4n) is 2.32. The number of hydrogen-bond acceptors (Lipinski definition) is 1. The van der Waals surface area contributed by atoms with Gasteiger partial charge in [0.25, 0.3) is 0 Å². The van der Waals surface area contributed by atoms with Gasteiger partial charge in [0.05, 0.1) is 0 Å². The average Bonchev–Trinajstić information content (AvgIpc) is 2.48. The lowest BCUT2D eigenvalue weighted by atomic mass is 10.0. The minimum atomic E-state index is 0.809. The summed E-state index contributed by atoms with van der Waals surface area (Å²) in [4.78, 5) is 0. The smallest absolute Gasteiger partial charge is 0.0469 e. The van der Waals surface area contributed by atoms with Crippen molar-refractivity contribution in [3.63, 3.8) is 0 Å². The van der Waals surface area contributed by atoms with E-state index in [0.29, 0.717) is 0 Å². The highest BCUT2D eigenvalue weighted by Crippen LogP contribution is 2.21. The molecule has 0 aromatic carbocycles. The van der Waals surface area contributed by atoms with Crippen molar-refractivity contribution in [2.45, 2.75) is 40.2 Å². The molecule has 1 aliphatic rings. The molecule has 0 unspecified atom stereocenters. The van der Waals surface area contributed by atoms with E-state index in [2.05, 4.69) is 31.5 Å². The number of rotatable bonds is 2. The molecule has 0 N–H and O–H groups in total. The van der Waals surface area contributed by atoms with Gasteiger partial charge in [-0.05, 0) is 50.7 Å². The Hall–Kier alpha value is -0.760. The minimum Gasteiger partial charge on any atom is -0.381 e. The molecule has 0 spiro atoms. The topological polar surface area (TPSA) is 14.2 Å². The van der Waals surface area contributed by atoms with Crippen molar-refractivity contribution in [1.82, 2.24) is 4.57 Å². The summed E-state index contributed by atoms with van der Waals surface area (Å²) in [6.45, 7) is 9.70. The van der Waals surface area contributed by atoms with Crippen LogP contribution in [0.4, 0.5) is 0 Å². The number of aromatic nitrogens is 1. The van der Waals surface area contributed by atoms with Gasteiger partial charge in [-0.25, -0.2) is 0 Å². The van der Waals surface area contributed by atoms with E-state index in [9.17, 15) is 0 Å². The molecular weight excluding hydrogens is 186 g/mol. The first-order chi connectivity index (χ1) is 7.18. The largest absolute Gasteiger partial charge is 0.381 e. The number of nitrogens with zero attached hydrogens (tertiary/aromatic N) is 1. The maximum atomic E-state index is 5.39. The van der Waals surface area contributed by atoms with Gasteiger partial charge >= 0.3 is 0 Å². The summed E-state index contributed by atoms with van der Waals surface area (Å²) in [7, 11) is 0. The SMILES string of the molecule is Cc1cn(CC2CCOCC2)c(C)c1C. The van der Waals surface area contributed by atoms with Crippen molar-refractivity contribution in [3.05, 3.63) is 23.0 Å². The highest BCUT2D eigenvalue weighted by Gasteiger charge is 2.15. The predicted octanol–water partition coefficient (Wildman–Crippen LogP) is 2.84. The Bertz CT molecular complexity index is 335. The second kappa shape index (κ2) is 4.40. The van der Waals surface area contributed by atoms with E-state index in [1.807, 2.05) is 0 Å². The zero-order chi connectivity index (χ0) is 10.8. The van der Waals surface area contributed by atoms with E-state index in [1.165, 1.54) is 36.2 Å². The molecule has 2 heterocycles. The molecule has 2 rings (SSSR count). The van der Waals surface area contributed by atoms with Crippen molar-refractivity contribution < 1.29 is 4.74 Å². The van der Waals surface area contributed by atoms with Crippen LogP contribution in [0.1, 0.15) is 29.7 Å². The van der Waals surface area contributed by atoms with Gasteiger partial charge in [-0.1, -0.05) is 0 Å². The molecule has 1 aliphatic heterocycles. The Balaban J connectivity index is 2.06. The van der Waals surface area contributed by atoms with Gasteiger partial charge in [0.2, 0.25) is 0 Å². The van der Waals surface area contributed by atoms with Crippen LogP contribution < -0.4 is 0 Å². The van der Waals surface area contributed by atoms with E-state index in [4.69, 9.17) is 4.74 Å². The predicted molar refractivity (Wildman–Crippen MR) is 62.2 cm³/mol. The number of ether oxygens (including phenoxy) is 1. The van der Waals surface area contributed by atoms with Crippen molar-refractivity contribution in [2.24, 2.45) is 5.92 Å². The van der Waals surface area contributed by atoms with Gasteiger partial charge in [0.1, 0.15) is 0 Å². The lowest BCUT2D eigenvalue weighted by Crippen LogP contribution is -2.20. The van der Waals surface area contributed by atoms with Gasteiger partial charge in [-0.2, -0.15) is 0 Å². The number of aryl methyl sites for hydroxylation is 1. The van der Waals surface area contributed by atoms with Crippen LogP contribution in [-0.4, -0.2) is 17.8 Å². The van der Waals surface area contributed by atoms with E-state index in [1.54, 1.807) is 0 Å². The normalized spacial score (nSPS) is 18.3. The van der Waals surface area contributed by atoms with Crippen LogP contribution in [-0.2, 0) is 11.3 Å². The Morgan fingerprint density at radius 1 is 1.27 bits per heavy atom. The summed E-state index contributed by atoms with van der Waals surface area (Å²) in [5.74, 6) is 0.809. The van der Waals surface area contributed by atoms with E-state index >= 15 is 0 Å². The lowest BCUT2D eigenvalue weighted by Gasteiger charge is -2.23. The lowest BCUT2D eigenvalue weighted by molar-refractivity contribution is 0.0611. The van der Waals surface area contributed by atoms with Crippen LogP contribution in [0.5, 0.6) is 0 Å². The van der Waals surface area contributed by atoms with Crippen molar-refractivity contribution in [1.29, 1.82) is 0 Å². The third-order valence-electron chi connectivity index (χ3n) is 3.71. The molecule has 1 saturated heterocycles.